The Hall–Kier alpha value is -2.10. The number of nitrogens with one attached hydrogen (secondary N) is 1. The SMILES string of the molecule is CCCCCCC(CCC)N(C(=O)[C@H]1CC[C@H]2[C@@H]3CNC4=CC(=O)CC[C@]4(C)[C@H]3CC[C@]12C)c1ccccc1. The molecule has 1 unspecified atom stereocenters. The van der Waals surface area contributed by atoms with E-state index < -0.39 is 0 Å². The van der Waals surface area contributed by atoms with Gasteiger partial charge in [-0.05, 0) is 80.2 Å². The van der Waals surface area contributed by atoms with Crippen LogP contribution < -0.4 is 10.2 Å². The first-order valence-electron chi connectivity index (χ1n) is 16.2. The van der Waals surface area contributed by atoms with Gasteiger partial charge in [-0.25, -0.2) is 0 Å². The van der Waals surface area contributed by atoms with Crippen molar-refractivity contribution < 1.29 is 9.59 Å². The van der Waals surface area contributed by atoms with E-state index in [1.807, 2.05) is 6.08 Å². The molecule has 2 saturated carbocycles. The molecule has 1 amide bonds. The molecule has 1 aliphatic heterocycles. The largest absolute Gasteiger partial charge is 0.387 e. The number of carbonyl (C=O) groups is 2. The Labute approximate surface area is 237 Å². The van der Waals surface area contributed by atoms with Crippen LogP contribution in [0.3, 0.4) is 0 Å². The van der Waals surface area contributed by atoms with Crippen molar-refractivity contribution in [3.05, 3.63) is 42.1 Å². The van der Waals surface area contributed by atoms with E-state index >= 15 is 0 Å². The van der Waals surface area contributed by atoms with Gasteiger partial charge in [0.1, 0.15) is 0 Å². The van der Waals surface area contributed by atoms with Crippen molar-refractivity contribution in [2.24, 2.45) is 34.5 Å². The van der Waals surface area contributed by atoms with Crippen molar-refractivity contribution in [3.8, 4) is 0 Å². The van der Waals surface area contributed by atoms with Gasteiger partial charge >= 0.3 is 0 Å². The van der Waals surface area contributed by atoms with Crippen LogP contribution in [-0.4, -0.2) is 24.3 Å². The summed E-state index contributed by atoms with van der Waals surface area (Å²) in [5, 5.41) is 3.73. The van der Waals surface area contributed by atoms with Gasteiger partial charge in [0.25, 0.3) is 0 Å². The highest BCUT2D eigenvalue weighted by atomic mass is 16.2. The lowest BCUT2D eigenvalue weighted by Crippen LogP contribution is -2.57. The number of para-hydroxylation sites is 1. The second-order valence-electron chi connectivity index (χ2n) is 13.7. The van der Waals surface area contributed by atoms with E-state index in [0.29, 0.717) is 30.1 Å². The van der Waals surface area contributed by atoms with Gasteiger partial charge in [0.05, 0.1) is 0 Å². The minimum atomic E-state index is 0.0496. The Morgan fingerprint density at radius 2 is 1.77 bits per heavy atom. The normalized spacial score (nSPS) is 34.3. The van der Waals surface area contributed by atoms with Crippen molar-refractivity contribution in [2.45, 2.75) is 117 Å². The van der Waals surface area contributed by atoms with Crippen LogP contribution in [0.2, 0.25) is 0 Å². The summed E-state index contributed by atoms with van der Waals surface area (Å²) in [7, 11) is 0. The van der Waals surface area contributed by atoms with Gasteiger partial charge in [0.15, 0.2) is 5.78 Å². The van der Waals surface area contributed by atoms with Crippen LogP contribution in [0.1, 0.15) is 111 Å². The van der Waals surface area contributed by atoms with Crippen molar-refractivity contribution >= 4 is 17.4 Å². The summed E-state index contributed by atoms with van der Waals surface area (Å²) in [4.78, 5) is 29.2. The Kier molecular flexibility index (Phi) is 8.59. The van der Waals surface area contributed by atoms with Crippen molar-refractivity contribution in [2.75, 3.05) is 11.4 Å². The van der Waals surface area contributed by atoms with E-state index in [1.165, 1.54) is 37.8 Å². The molecule has 3 fully saturated rings. The van der Waals surface area contributed by atoms with Gasteiger partial charge in [-0.1, -0.05) is 78.0 Å². The molecule has 1 N–H and O–H groups in total. The predicted octanol–water partition coefficient (Wildman–Crippen LogP) is 8.07. The molecule has 1 heterocycles. The van der Waals surface area contributed by atoms with E-state index in [4.69, 9.17) is 0 Å². The number of ketones is 1. The van der Waals surface area contributed by atoms with Gasteiger partial charge in [0, 0.05) is 47.8 Å². The van der Waals surface area contributed by atoms with Crippen LogP contribution in [0.5, 0.6) is 0 Å². The van der Waals surface area contributed by atoms with Crippen LogP contribution in [0, 0.1) is 34.5 Å². The number of piperidine rings is 1. The topological polar surface area (TPSA) is 49.4 Å². The third kappa shape index (κ3) is 5.22. The Bertz CT molecular complexity index is 1050. The van der Waals surface area contributed by atoms with E-state index in [0.717, 1.165) is 57.2 Å². The summed E-state index contributed by atoms with van der Waals surface area (Å²) < 4.78 is 0. The molecule has 39 heavy (non-hydrogen) atoms. The van der Waals surface area contributed by atoms with Crippen LogP contribution in [0.25, 0.3) is 0 Å². The Balaban J connectivity index is 1.40. The number of hydrogen-bond donors (Lipinski definition) is 1. The van der Waals surface area contributed by atoms with Crippen LogP contribution >= 0.6 is 0 Å². The highest BCUT2D eigenvalue weighted by Crippen LogP contribution is 2.64. The van der Waals surface area contributed by atoms with Gasteiger partial charge in [-0.15, -0.1) is 0 Å². The van der Waals surface area contributed by atoms with E-state index in [-0.39, 0.29) is 28.6 Å². The van der Waals surface area contributed by atoms with Gasteiger partial charge < -0.3 is 10.2 Å². The monoisotopic (exact) mass is 532 g/mol. The molecule has 5 rings (SSSR count). The molecule has 1 saturated heterocycles. The second kappa shape index (κ2) is 11.8. The average Bonchev–Trinajstić information content (AvgIpc) is 3.29. The number of nitrogens with zero attached hydrogens (tertiary/aromatic N) is 1. The quantitative estimate of drug-likeness (QED) is 0.310. The first-order valence-corrected chi connectivity index (χ1v) is 16.2. The molecule has 214 valence electrons. The molecular formula is C35H52N2O2. The fourth-order valence-electron chi connectivity index (χ4n) is 9.37. The number of amides is 1. The van der Waals surface area contributed by atoms with Crippen LogP contribution in [0.15, 0.2) is 42.1 Å². The minimum absolute atomic E-state index is 0.0496. The standard InChI is InChI=1S/C35H52N2O2/c1-5-7-8-10-14-25(13-6-2)37(26-15-11-9-12-16-26)33(39)31-18-17-29-28-24-36-32-23-27(38)19-21-35(32,4)30(28)20-22-34(29,31)3/h9,11-12,15-16,23,25,28-31,36H,5-8,10,13-14,17-22,24H2,1-4H3/t25?,28-,29-,30-,31+,34-,35+/m0/s1. The first-order chi connectivity index (χ1) is 18.8. The van der Waals surface area contributed by atoms with E-state index in [9.17, 15) is 9.59 Å². The maximum absolute atomic E-state index is 14.8. The fourth-order valence-corrected chi connectivity index (χ4v) is 9.37. The smallest absolute Gasteiger partial charge is 0.230 e. The third-order valence-corrected chi connectivity index (χ3v) is 11.5. The minimum Gasteiger partial charge on any atom is -0.387 e. The molecule has 4 nitrogen and oxygen atoms in total. The molecule has 0 radical (unpaired) electrons. The molecule has 7 atom stereocenters. The molecule has 0 bridgehead atoms. The zero-order chi connectivity index (χ0) is 27.6. The lowest BCUT2D eigenvalue weighted by molar-refractivity contribution is -0.130. The fraction of sp³-hybridized carbons (Fsp3) is 0.714. The zero-order valence-corrected chi connectivity index (χ0v) is 25.0. The number of unbranched alkanes of at least 4 members (excludes halogenated alkanes) is 3. The zero-order valence-electron chi connectivity index (χ0n) is 25.0. The molecule has 0 spiro atoms. The Morgan fingerprint density at radius 3 is 2.51 bits per heavy atom. The third-order valence-electron chi connectivity index (χ3n) is 11.5. The molecule has 3 aliphatic carbocycles. The number of fused-ring (bicyclic) bond motifs is 5. The van der Waals surface area contributed by atoms with E-state index in [2.05, 4.69) is 68.2 Å². The lowest BCUT2D eigenvalue weighted by atomic mass is 9.50. The van der Waals surface area contributed by atoms with Crippen LogP contribution in [0.4, 0.5) is 5.69 Å². The van der Waals surface area contributed by atoms with Crippen molar-refractivity contribution in [1.29, 1.82) is 0 Å². The van der Waals surface area contributed by atoms with Crippen molar-refractivity contribution in [1.82, 2.24) is 5.32 Å². The summed E-state index contributed by atoms with van der Waals surface area (Å²) >= 11 is 0. The Morgan fingerprint density at radius 1 is 0.974 bits per heavy atom. The molecule has 4 aliphatic rings. The number of allylic oxidation sites excluding steroid dienone is 2. The molecule has 0 aromatic heterocycles. The van der Waals surface area contributed by atoms with Gasteiger partial charge in [-0.2, -0.15) is 0 Å². The lowest BCUT2D eigenvalue weighted by Gasteiger charge is -2.58. The summed E-state index contributed by atoms with van der Waals surface area (Å²) in [5.41, 5.74) is 2.41. The van der Waals surface area contributed by atoms with E-state index in [1.54, 1.807) is 0 Å². The highest BCUT2D eigenvalue weighted by Gasteiger charge is 2.61. The first kappa shape index (κ1) is 28.4. The summed E-state index contributed by atoms with van der Waals surface area (Å²) in [6, 6.07) is 10.8. The highest BCUT2D eigenvalue weighted by molar-refractivity contribution is 5.96. The van der Waals surface area contributed by atoms with Crippen LogP contribution in [-0.2, 0) is 9.59 Å². The molecular weight excluding hydrogens is 480 g/mol. The molecule has 4 heteroatoms. The van der Waals surface area contributed by atoms with Gasteiger partial charge in [0.2, 0.25) is 5.91 Å². The number of anilines is 1. The number of benzene rings is 1. The summed E-state index contributed by atoms with van der Waals surface area (Å²) in [6.45, 7) is 10.3. The molecule has 1 aromatic rings. The number of carbonyl (C=O) groups excluding carboxylic acids is 2. The number of hydrogen-bond acceptors (Lipinski definition) is 3. The van der Waals surface area contributed by atoms with Gasteiger partial charge in [-0.3, -0.25) is 9.59 Å². The van der Waals surface area contributed by atoms with Crippen molar-refractivity contribution in [3.63, 3.8) is 0 Å². The maximum Gasteiger partial charge on any atom is 0.230 e. The molecule has 1 aromatic carbocycles. The summed E-state index contributed by atoms with van der Waals surface area (Å²) in [5.74, 6) is 2.52. The number of rotatable bonds is 10. The maximum atomic E-state index is 14.8. The summed E-state index contributed by atoms with van der Waals surface area (Å²) in [6.07, 6.45) is 16.3. The predicted molar refractivity (Wildman–Crippen MR) is 160 cm³/mol. The average molecular weight is 533 g/mol. The second-order valence-corrected chi connectivity index (χ2v) is 13.7.